The first-order valence-corrected chi connectivity index (χ1v) is 4.30. The number of hydrogen-bond acceptors (Lipinski definition) is 2. The number of amides is 1. The van der Waals surface area contributed by atoms with Crippen LogP contribution in [0, 0.1) is 5.92 Å². The summed E-state index contributed by atoms with van der Waals surface area (Å²) in [5.74, 6) is 0.960. The highest BCUT2D eigenvalue weighted by Crippen LogP contribution is 2.26. The normalized spacial score (nSPS) is 35.9. The van der Waals surface area contributed by atoms with Crippen molar-refractivity contribution in [1.29, 1.82) is 0 Å². The van der Waals surface area contributed by atoms with E-state index in [0.29, 0.717) is 0 Å². The maximum atomic E-state index is 11.1. The van der Waals surface area contributed by atoms with E-state index < -0.39 is 0 Å². The second-order valence-electron chi connectivity index (χ2n) is 3.52. The topological polar surface area (TPSA) is 23.6 Å². The third-order valence-corrected chi connectivity index (χ3v) is 2.63. The molecule has 1 amide bonds. The third-order valence-electron chi connectivity index (χ3n) is 2.63. The Balaban J connectivity index is 2.08. The summed E-state index contributed by atoms with van der Waals surface area (Å²) in [6.45, 7) is 4.81. The molecule has 0 N–H and O–H groups in total. The molecule has 2 heterocycles. The van der Waals surface area contributed by atoms with Crippen LogP contribution in [0.1, 0.15) is 19.8 Å². The van der Waals surface area contributed by atoms with Crippen LogP contribution < -0.4 is 0 Å². The van der Waals surface area contributed by atoms with Crippen molar-refractivity contribution in [2.24, 2.45) is 5.92 Å². The van der Waals surface area contributed by atoms with Gasteiger partial charge >= 0.3 is 0 Å². The van der Waals surface area contributed by atoms with E-state index in [9.17, 15) is 4.79 Å². The summed E-state index contributed by atoms with van der Waals surface area (Å²) in [4.78, 5) is 11.1. The predicted molar refractivity (Wildman–Crippen MR) is 41.7 cm³/mol. The van der Waals surface area contributed by atoms with E-state index in [1.54, 1.807) is 6.92 Å². The summed E-state index contributed by atoms with van der Waals surface area (Å²) in [6, 6.07) is 0. The first kappa shape index (κ1) is 7.10. The highest BCUT2D eigenvalue weighted by molar-refractivity contribution is 5.73. The Morgan fingerprint density at radius 3 is 2.91 bits per heavy atom. The molecule has 2 unspecified atom stereocenters. The monoisotopic (exact) mass is 154 g/mol. The Morgan fingerprint density at radius 2 is 2.27 bits per heavy atom. The van der Waals surface area contributed by atoms with Crippen molar-refractivity contribution in [3.63, 3.8) is 0 Å². The second kappa shape index (κ2) is 2.48. The molecule has 0 aliphatic carbocycles. The van der Waals surface area contributed by atoms with Gasteiger partial charge in [0.1, 0.15) is 0 Å². The molecule has 2 fully saturated rings. The quantitative estimate of drug-likeness (QED) is 0.506. The van der Waals surface area contributed by atoms with Crippen molar-refractivity contribution in [3.05, 3.63) is 0 Å². The summed E-state index contributed by atoms with van der Waals surface area (Å²) in [7, 11) is 0. The van der Waals surface area contributed by atoms with Crippen LogP contribution in [0.3, 0.4) is 0 Å². The van der Waals surface area contributed by atoms with Crippen LogP contribution in [0.4, 0.5) is 0 Å². The first-order chi connectivity index (χ1) is 5.27. The zero-order chi connectivity index (χ0) is 7.84. The molecule has 2 rings (SSSR count). The molecule has 3 heteroatoms. The summed E-state index contributed by atoms with van der Waals surface area (Å²) in [6.07, 6.45) is 2.56. The van der Waals surface area contributed by atoms with Gasteiger partial charge in [0.2, 0.25) is 5.91 Å². The summed E-state index contributed by atoms with van der Waals surface area (Å²) in [5.41, 5.74) is 0. The van der Waals surface area contributed by atoms with Gasteiger partial charge in [-0.1, -0.05) is 0 Å². The average Bonchev–Trinajstić information content (AvgIpc) is 2.27. The highest BCUT2D eigenvalue weighted by atomic mass is 16.2. The van der Waals surface area contributed by atoms with Crippen molar-refractivity contribution >= 4 is 5.91 Å². The van der Waals surface area contributed by atoms with Crippen LogP contribution in [-0.4, -0.2) is 35.6 Å². The van der Waals surface area contributed by atoms with E-state index in [2.05, 4.69) is 5.01 Å². The number of nitrogens with zero attached hydrogens (tertiary/aromatic N) is 2. The minimum absolute atomic E-state index is 0.203. The number of piperidine rings is 1. The van der Waals surface area contributed by atoms with E-state index in [1.807, 2.05) is 5.01 Å². The Morgan fingerprint density at radius 1 is 1.45 bits per heavy atom. The molecule has 2 bridgehead atoms. The number of rotatable bonds is 0. The lowest BCUT2D eigenvalue weighted by atomic mass is 10.0. The van der Waals surface area contributed by atoms with Gasteiger partial charge in [-0.3, -0.25) is 9.80 Å². The van der Waals surface area contributed by atoms with Crippen LogP contribution in [-0.2, 0) is 4.79 Å². The molecular weight excluding hydrogens is 140 g/mol. The summed E-state index contributed by atoms with van der Waals surface area (Å²) >= 11 is 0. The van der Waals surface area contributed by atoms with E-state index in [1.165, 1.54) is 12.8 Å². The van der Waals surface area contributed by atoms with Gasteiger partial charge in [0, 0.05) is 26.6 Å². The van der Waals surface area contributed by atoms with Gasteiger partial charge in [-0.25, -0.2) is 5.01 Å². The van der Waals surface area contributed by atoms with Gasteiger partial charge in [0.15, 0.2) is 0 Å². The number of hydrazine groups is 1. The molecular formula is C8H14N2O. The SMILES string of the molecule is CC(=O)N1CC2CCCN1C2. The van der Waals surface area contributed by atoms with Crippen LogP contribution in [0.5, 0.6) is 0 Å². The number of carbonyl (C=O) groups is 1. The van der Waals surface area contributed by atoms with Gasteiger partial charge in [-0.2, -0.15) is 0 Å². The molecule has 0 aromatic heterocycles. The Hall–Kier alpha value is -0.570. The minimum atomic E-state index is 0.203. The Kier molecular flexibility index (Phi) is 1.60. The van der Waals surface area contributed by atoms with Crippen molar-refractivity contribution in [1.82, 2.24) is 10.0 Å². The van der Waals surface area contributed by atoms with Gasteiger partial charge in [0.05, 0.1) is 0 Å². The van der Waals surface area contributed by atoms with E-state index in [4.69, 9.17) is 0 Å². The smallest absolute Gasteiger partial charge is 0.233 e. The van der Waals surface area contributed by atoms with Crippen LogP contribution >= 0.6 is 0 Å². The zero-order valence-corrected chi connectivity index (χ0v) is 6.92. The fourth-order valence-electron chi connectivity index (χ4n) is 2.10. The molecule has 0 spiro atoms. The van der Waals surface area contributed by atoms with Crippen molar-refractivity contribution in [2.75, 3.05) is 19.6 Å². The molecule has 2 aliphatic heterocycles. The molecule has 0 saturated carbocycles. The van der Waals surface area contributed by atoms with Gasteiger partial charge in [-0.15, -0.1) is 0 Å². The van der Waals surface area contributed by atoms with Gasteiger partial charge < -0.3 is 0 Å². The van der Waals surface area contributed by atoms with Crippen LogP contribution in [0.15, 0.2) is 0 Å². The molecule has 0 radical (unpaired) electrons. The maximum Gasteiger partial charge on any atom is 0.233 e. The number of carbonyl (C=O) groups excluding carboxylic acids is 1. The second-order valence-corrected chi connectivity index (χ2v) is 3.52. The maximum absolute atomic E-state index is 11.1. The summed E-state index contributed by atoms with van der Waals surface area (Å²) in [5, 5.41) is 4.09. The van der Waals surface area contributed by atoms with Crippen molar-refractivity contribution in [3.8, 4) is 0 Å². The van der Waals surface area contributed by atoms with E-state index in [-0.39, 0.29) is 5.91 Å². The molecule has 2 aliphatic rings. The lowest BCUT2D eigenvalue weighted by Gasteiger charge is -2.27. The van der Waals surface area contributed by atoms with E-state index >= 15 is 0 Å². The van der Waals surface area contributed by atoms with E-state index in [0.717, 1.165) is 25.6 Å². The van der Waals surface area contributed by atoms with Gasteiger partial charge in [0.25, 0.3) is 0 Å². The Labute approximate surface area is 66.9 Å². The zero-order valence-electron chi connectivity index (χ0n) is 6.92. The molecule has 0 aromatic rings. The molecule has 3 nitrogen and oxygen atoms in total. The lowest BCUT2D eigenvalue weighted by molar-refractivity contribution is -0.140. The lowest BCUT2D eigenvalue weighted by Crippen LogP contribution is -2.40. The molecule has 0 aromatic carbocycles. The minimum Gasteiger partial charge on any atom is -0.275 e. The predicted octanol–water partition coefficient (Wildman–Crippen LogP) is 0.476. The van der Waals surface area contributed by atoms with Gasteiger partial charge in [-0.05, 0) is 18.8 Å². The molecule has 2 atom stereocenters. The Bertz CT molecular complexity index is 181. The van der Waals surface area contributed by atoms with Crippen molar-refractivity contribution < 1.29 is 4.79 Å². The summed E-state index contributed by atoms with van der Waals surface area (Å²) < 4.78 is 0. The van der Waals surface area contributed by atoms with Crippen molar-refractivity contribution in [2.45, 2.75) is 19.8 Å². The third kappa shape index (κ3) is 1.13. The fraction of sp³-hybridized carbons (Fsp3) is 0.875. The molecule has 11 heavy (non-hydrogen) atoms. The largest absolute Gasteiger partial charge is 0.275 e. The first-order valence-electron chi connectivity index (χ1n) is 4.30. The van der Waals surface area contributed by atoms with Crippen LogP contribution in [0.2, 0.25) is 0 Å². The highest BCUT2D eigenvalue weighted by Gasteiger charge is 2.34. The van der Waals surface area contributed by atoms with Crippen LogP contribution in [0.25, 0.3) is 0 Å². The standard InChI is InChI=1S/C8H14N2O/c1-7(11)10-6-8-3-2-4-9(10)5-8/h8H,2-6H2,1H3. The number of hydrogen-bond donors (Lipinski definition) is 0. The number of fused-ring (bicyclic) bond motifs is 2. The fourth-order valence-corrected chi connectivity index (χ4v) is 2.10. The molecule has 62 valence electrons. The average molecular weight is 154 g/mol. The molecule has 2 saturated heterocycles.